The molecule has 0 heterocycles. The predicted molar refractivity (Wildman–Crippen MR) is 163 cm³/mol. The Bertz CT molecular complexity index is 1970. The molecule has 0 saturated carbocycles. The third kappa shape index (κ3) is 3.17. The molecule has 7 aromatic rings. The molecule has 0 amide bonds. The molecule has 0 nitrogen and oxygen atoms in total. The molecule has 1 aliphatic carbocycles. The average Bonchev–Trinajstić information content (AvgIpc) is 3.31. The van der Waals surface area contributed by atoms with Crippen LogP contribution in [-0.2, 0) is 0 Å². The first-order chi connectivity index (χ1) is 18.8. The molecule has 0 N–H and O–H groups in total. The van der Waals surface area contributed by atoms with Gasteiger partial charge in [0, 0.05) is 0 Å². The second-order valence-corrected chi connectivity index (χ2v) is 10.1. The fourth-order valence-electron chi connectivity index (χ4n) is 6.23. The molecule has 8 rings (SSSR count). The van der Waals surface area contributed by atoms with Crippen molar-refractivity contribution in [2.24, 2.45) is 0 Å². The van der Waals surface area contributed by atoms with Crippen LogP contribution >= 0.6 is 0 Å². The molecule has 0 spiro atoms. The van der Waals surface area contributed by atoms with Gasteiger partial charge in [0.2, 0.25) is 0 Å². The fourth-order valence-corrected chi connectivity index (χ4v) is 6.23. The minimum atomic E-state index is 1.22. The van der Waals surface area contributed by atoms with E-state index in [4.69, 9.17) is 0 Å². The van der Waals surface area contributed by atoms with Crippen LogP contribution in [0.25, 0.3) is 66.2 Å². The lowest BCUT2D eigenvalue weighted by Gasteiger charge is -2.12. The van der Waals surface area contributed by atoms with Crippen LogP contribution < -0.4 is 0 Å². The summed E-state index contributed by atoms with van der Waals surface area (Å²) in [5.74, 6) is 0. The van der Waals surface area contributed by atoms with E-state index in [1.54, 1.807) is 0 Å². The van der Waals surface area contributed by atoms with Gasteiger partial charge < -0.3 is 0 Å². The molecule has 0 unspecified atom stereocenters. The molecule has 0 bridgehead atoms. The zero-order chi connectivity index (χ0) is 25.1. The summed E-state index contributed by atoms with van der Waals surface area (Å²) in [6.07, 6.45) is 2.33. The summed E-state index contributed by atoms with van der Waals surface area (Å²) in [5.41, 5.74) is 10.3. The monoisotopic (exact) mass is 480 g/mol. The van der Waals surface area contributed by atoms with E-state index in [0.717, 1.165) is 0 Å². The van der Waals surface area contributed by atoms with Crippen molar-refractivity contribution in [2.75, 3.05) is 0 Å². The maximum absolute atomic E-state index is 2.36. The lowest BCUT2D eigenvalue weighted by atomic mass is 9.92. The Balaban J connectivity index is 1.24. The van der Waals surface area contributed by atoms with E-state index >= 15 is 0 Å². The minimum absolute atomic E-state index is 1.22. The van der Waals surface area contributed by atoms with E-state index in [1.807, 2.05) is 0 Å². The van der Waals surface area contributed by atoms with Crippen LogP contribution in [-0.4, -0.2) is 0 Å². The van der Waals surface area contributed by atoms with Gasteiger partial charge in [-0.25, -0.2) is 0 Å². The number of hydrogen-bond acceptors (Lipinski definition) is 0. The SMILES string of the molecule is C(=C1c2ccccc2-c2ccccc21)c1ccc(-c2ccc3c4ccccc4c4ccccc4c3c2)cc1. The minimum Gasteiger partial charge on any atom is -0.0616 e. The number of fused-ring (bicyclic) bond motifs is 9. The van der Waals surface area contributed by atoms with Crippen molar-refractivity contribution in [1.82, 2.24) is 0 Å². The largest absolute Gasteiger partial charge is 0.0616 e. The Hall–Kier alpha value is -4.94. The molecular formula is C38H24. The van der Waals surface area contributed by atoms with Gasteiger partial charge in [0.05, 0.1) is 0 Å². The zero-order valence-electron chi connectivity index (χ0n) is 20.9. The van der Waals surface area contributed by atoms with E-state index in [9.17, 15) is 0 Å². The number of hydrogen-bond donors (Lipinski definition) is 0. The van der Waals surface area contributed by atoms with Gasteiger partial charge in [-0.3, -0.25) is 0 Å². The highest BCUT2D eigenvalue weighted by Crippen LogP contribution is 2.45. The normalized spacial score (nSPS) is 12.2. The second kappa shape index (κ2) is 8.30. The smallest absolute Gasteiger partial charge is 0.00928 e. The summed E-state index contributed by atoms with van der Waals surface area (Å²) in [7, 11) is 0. The first-order valence-corrected chi connectivity index (χ1v) is 13.2. The predicted octanol–water partition coefficient (Wildman–Crippen LogP) is 10.4. The summed E-state index contributed by atoms with van der Waals surface area (Å²) in [4.78, 5) is 0. The molecule has 0 heteroatoms. The molecule has 0 atom stereocenters. The molecule has 176 valence electrons. The first-order valence-electron chi connectivity index (χ1n) is 13.2. The molecule has 0 saturated heterocycles. The highest BCUT2D eigenvalue weighted by Gasteiger charge is 2.22. The molecular weight excluding hydrogens is 456 g/mol. The van der Waals surface area contributed by atoms with Crippen molar-refractivity contribution in [3.63, 3.8) is 0 Å². The van der Waals surface area contributed by atoms with Crippen molar-refractivity contribution in [3.05, 3.63) is 156 Å². The molecule has 38 heavy (non-hydrogen) atoms. The van der Waals surface area contributed by atoms with Gasteiger partial charge in [0.15, 0.2) is 0 Å². The van der Waals surface area contributed by atoms with Gasteiger partial charge in [0.1, 0.15) is 0 Å². The Morgan fingerprint density at radius 2 is 0.737 bits per heavy atom. The van der Waals surface area contributed by atoms with E-state index in [2.05, 4.69) is 146 Å². The number of rotatable bonds is 2. The molecule has 0 radical (unpaired) electrons. The van der Waals surface area contributed by atoms with Crippen LogP contribution in [0.15, 0.2) is 140 Å². The van der Waals surface area contributed by atoms with Crippen LogP contribution in [0.4, 0.5) is 0 Å². The van der Waals surface area contributed by atoms with E-state index < -0.39 is 0 Å². The number of benzene rings is 7. The van der Waals surface area contributed by atoms with Crippen molar-refractivity contribution < 1.29 is 0 Å². The lowest BCUT2D eigenvalue weighted by Crippen LogP contribution is -1.85. The van der Waals surface area contributed by atoms with E-state index in [1.165, 1.54) is 76.8 Å². The van der Waals surface area contributed by atoms with Crippen LogP contribution in [0.1, 0.15) is 16.7 Å². The standard InChI is InChI=1S/C38H24/c1-2-13-32-28(9-1)29-10-5-8-16-35(29)38-24-27(21-22-36(32)38)26-19-17-25(18-20-26)23-37-33-14-6-3-11-30(33)31-12-4-7-15-34(31)37/h1-24H. The Kier molecular flexibility index (Phi) is 4.62. The second-order valence-electron chi connectivity index (χ2n) is 10.1. The van der Waals surface area contributed by atoms with E-state index in [-0.39, 0.29) is 0 Å². The molecule has 1 aliphatic rings. The van der Waals surface area contributed by atoms with Crippen molar-refractivity contribution in [2.45, 2.75) is 0 Å². The third-order valence-electron chi connectivity index (χ3n) is 8.02. The van der Waals surface area contributed by atoms with Gasteiger partial charge in [0.25, 0.3) is 0 Å². The summed E-state index contributed by atoms with van der Waals surface area (Å²) >= 11 is 0. The Labute approximate surface area is 222 Å². The van der Waals surface area contributed by atoms with Crippen LogP contribution in [0.5, 0.6) is 0 Å². The molecule has 0 aliphatic heterocycles. The quantitative estimate of drug-likeness (QED) is 0.216. The maximum Gasteiger partial charge on any atom is -0.00928 e. The highest BCUT2D eigenvalue weighted by atomic mass is 14.2. The summed E-state index contributed by atoms with van der Waals surface area (Å²) in [5, 5.41) is 7.86. The van der Waals surface area contributed by atoms with Crippen molar-refractivity contribution in [3.8, 4) is 22.3 Å². The van der Waals surface area contributed by atoms with Gasteiger partial charge in [-0.15, -0.1) is 0 Å². The summed E-state index contributed by atoms with van der Waals surface area (Å²) < 4.78 is 0. The Morgan fingerprint density at radius 3 is 1.29 bits per heavy atom. The van der Waals surface area contributed by atoms with Gasteiger partial charge in [-0.05, 0) is 89.0 Å². The van der Waals surface area contributed by atoms with Crippen LogP contribution in [0.3, 0.4) is 0 Å². The fraction of sp³-hybridized carbons (Fsp3) is 0. The zero-order valence-corrected chi connectivity index (χ0v) is 20.9. The highest BCUT2D eigenvalue weighted by molar-refractivity contribution is 6.25. The lowest BCUT2D eigenvalue weighted by molar-refractivity contribution is 1.61. The Morgan fingerprint density at radius 1 is 0.316 bits per heavy atom. The summed E-state index contributed by atoms with van der Waals surface area (Å²) in [6.45, 7) is 0. The maximum atomic E-state index is 2.36. The van der Waals surface area contributed by atoms with Crippen LogP contribution in [0.2, 0.25) is 0 Å². The first kappa shape index (κ1) is 21.2. The van der Waals surface area contributed by atoms with Crippen molar-refractivity contribution in [1.29, 1.82) is 0 Å². The van der Waals surface area contributed by atoms with Crippen molar-refractivity contribution >= 4 is 44.0 Å². The van der Waals surface area contributed by atoms with Crippen LogP contribution in [0, 0.1) is 0 Å². The topological polar surface area (TPSA) is 0 Å². The third-order valence-corrected chi connectivity index (χ3v) is 8.02. The van der Waals surface area contributed by atoms with Gasteiger partial charge in [-0.2, -0.15) is 0 Å². The average molecular weight is 481 g/mol. The summed E-state index contributed by atoms with van der Waals surface area (Å²) in [6, 6.07) is 50.9. The van der Waals surface area contributed by atoms with Gasteiger partial charge >= 0.3 is 0 Å². The van der Waals surface area contributed by atoms with E-state index in [0.29, 0.717) is 0 Å². The molecule has 0 fully saturated rings. The van der Waals surface area contributed by atoms with Gasteiger partial charge in [-0.1, -0.05) is 133 Å². The molecule has 7 aromatic carbocycles. The molecule has 0 aromatic heterocycles.